The molecule has 0 bridgehead atoms. The number of anilines is 1. The van der Waals surface area contributed by atoms with Crippen LogP contribution in [0.5, 0.6) is 11.5 Å². The Balaban J connectivity index is 1.59. The highest BCUT2D eigenvalue weighted by atomic mass is 32.2. The van der Waals surface area contributed by atoms with Gasteiger partial charge in [0.1, 0.15) is 17.1 Å². The summed E-state index contributed by atoms with van der Waals surface area (Å²) >= 11 is 0. The topological polar surface area (TPSA) is 84.9 Å². The molecular weight excluding hydrogens is 416 g/mol. The predicted octanol–water partition coefficient (Wildman–Crippen LogP) is 3.66. The van der Waals surface area contributed by atoms with Crippen molar-refractivity contribution in [3.63, 3.8) is 0 Å². The maximum Gasteiger partial charge on any atom is 0.251 e. The second-order valence-corrected chi connectivity index (χ2v) is 10.7. The molecule has 7 nitrogen and oxygen atoms in total. The first-order valence-corrected chi connectivity index (χ1v) is 12.1. The third kappa shape index (κ3) is 4.49. The first kappa shape index (κ1) is 21.5. The van der Waals surface area contributed by atoms with Crippen molar-refractivity contribution in [3.8, 4) is 11.5 Å². The number of nitrogens with one attached hydrogen (secondary N) is 1. The Morgan fingerprint density at radius 1 is 1.19 bits per heavy atom. The predicted molar refractivity (Wildman–Crippen MR) is 119 cm³/mol. The van der Waals surface area contributed by atoms with Crippen LogP contribution in [0.4, 0.5) is 5.69 Å². The lowest BCUT2D eigenvalue weighted by atomic mass is 9.89. The van der Waals surface area contributed by atoms with Crippen molar-refractivity contribution >= 4 is 21.6 Å². The Kier molecular flexibility index (Phi) is 5.60. The lowest BCUT2D eigenvalue weighted by Crippen LogP contribution is -2.41. The molecule has 1 N–H and O–H groups in total. The van der Waals surface area contributed by atoms with Gasteiger partial charge in [0.15, 0.2) is 0 Å². The fraction of sp³-hybridized carbons (Fsp3) is 0.435. The minimum Gasteiger partial charge on any atom is -0.497 e. The molecule has 2 aliphatic rings. The lowest BCUT2D eigenvalue weighted by molar-refractivity contribution is 0.0617. The number of hydrogen-bond acceptors (Lipinski definition) is 5. The average molecular weight is 445 g/mol. The second kappa shape index (κ2) is 8.07. The molecule has 2 aromatic rings. The van der Waals surface area contributed by atoms with Crippen LogP contribution in [0.25, 0.3) is 0 Å². The first-order valence-electron chi connectivity index (χ1n) is 10.5. The summed E-state index contributed by atoms with van der Waals surface area (Å²) in [7, 11) is -1.73. The van der Waals surface area contributed by atoms with E-state index in [-0.39, 0.29) is 17.7 Å². The highest BCUT2D eigenvalue weighted by Crippen LogP contribution is 2.41. The number of sulfonamides is 1. The zero-order chi connectivity index (χ0) is 22.2. The van der Waals surface area contributed by atoms with E-state index in [0.29, 0.717) is 42.1 Å². The Morgan fingerprint density at radius 3 is 2.74 bits per heavy atom. The zero-order valence-electron chi connectivity index (χ0n) is 18.1. The van der Waals surface area contributed by atoms with Gasteiger partial charge in [0.05, 0.1) is 24.6 Å². The van der Waals surface area contributed by atoms with Crippen molar-refractivity contribution in [2.24, 2.45) is 0 Å². The van der Waals surface area contributed by atoms with Gasteiger partial charge in [0, 0.05) is 30.2 Å². The largest absolute Gasteiger partial charge is 0.497 e. The van der Waals surface area contributed by atoms with Crippen molar-refractivity contribution in [1.29, 1.82) is 0 Å². The molecule has 8 heteroatoms. The SMILES string of the molecule is COc1ccc2c(c1)OC(C)(C)C[C@H]2NC(=O)c1cccc(N2CCCCS2(=O)=O)c1. The van der Waals surface area contributed by atoms with Gasteiger partial charge < -0.3 is 14.8 Å². The van der Waals surface area contributed by atoms with E-state index in [1.807, 2.05) is 32.0 Å². The molecular formula is C23H28N2O5S. The molecule has 0 aliphatic carbocycles. The minimum absolute atomic E-state index is 0.140. The lowest BCUT2D eigenvalue weighted by Gasteiger charge is -2.38. The maximum absolute atomic E-state index is 13.1. The summed E-state index contributed by atoms with van der Waals surface area (Å²) in [5, 5.41) is 3.11. The van der Waals surface area contributed by atoms with E-state index < -0.39 is 15.6 Å². The quantitative estimate of drug-likeness (QED) is 0.778. The van der Waals surface area contributed by atoms with Gasteiger partial charge in [0.25, 0.3) is 5.91 Å². The van der Waals surface area contributed by atoms with Crippen LogP contribution in [0.2, 0.25) is 0 Å². The summed E-state index contributed by atoms with van der Waals surface area (Å²) in [5.74, 6) is 1.27. The van der Waals surface area contributed by atoms with Crippen LogP contribution in [-0.4, -0.2) is 39.3 Å². The van der Waals surface area contributed by atoms with Crippen molar-refractivity contribution < 1.29 is 22.7 Å². The number of fused-ring (bicyclic) bond motifs is 1. The van der Waals surface area contributed by atoms with Gasteiger partial charge in [-0.1, -0.05) is 6.07 Å². The number of ether oxygens (including phenoxy) is 2. The fourth-order valence-electron chi connectivity index (χ4n) is 4.21. The van der Waals surface area contributed by atoms with Crippen LogP contribution in [-0.2, 0) is 10.0 Å². The van der Waals surface area contributed by atoms with E-state index in [2.05, 4.69) is 5.32 Å². The number of rotatable bonds is 4. The average Bonchev–Trinajstić information content (AvgIpc) is 2.72. The summed E-state index contributed by atoms with van der Waals surface area (Å²) in [4.78, 5) is 13.1. The summed E-state index contributed by atoms with van der Waals surface area (Å²) in [6.07, 6.45) is 2.09. The van der Waals surface area contributed by atoms with Crippen molar-refractivity contribution in [2.45, 2.75) is 44.8 Å². The van der Waals surface area contributed by atoms with Crippen LogP contribution in [0.15, 0.2) is 42.5 Å². The molecule has 0 spiro atoms. The molecule has 0 unspecified atom stereocenters. The standard InChI is InChI=1S/C23H28N2O5S/c1-23(2)15-20(19-10-9-18(29-3)14-21(19)30-23)24-22(26)16-7-6-8-17(13-16)25-11-4-5-12-31(25,27)28/h6-10,13-14,20H,4-5,11-12,15H2,1-3H3,(H,24,26)/t20-/m1/s1. The number of methoxy groups -OCH3 is 1. The maximum atomic E-state index is 13.1. The number of amides is 1. The normalized spacial score (nSPS) is 21.5. The third-order valence-electron chi connectivity index (χ3n) is 5.73. The van der Waals surface area contributed by atoms with Crippen LogP contribution in [0.3, 0.4) is 0 Å². The van der Waals surface area contributed by atoms with E-state index in [0.717, 1.165) is 12.0 Å². The van der Waals surface area contributed by atoms with Crippen molar-refractivity contribution in [1.82, 2.24) is 5.32 Å². The monoisotopic (exact) mass is 444 g/mol. The molecule has 1 atom stereocenters. The molecule has 4 rings (SSSR count). The summed E-state index contributed by atoms with van der Waals surface area (Å²) in [6.45, 7) is 4.41. The molecule has 2 aromatic carbocycles. The number of benzene rings is 2. The summed E-state index contributed by atoms with van der Waals surface area (Å²) in [6, 6.07) is 12.2. The number of nitrogens with zero attached hydrogens (tertiary/aromatic N) is 1. The van der Waals surface area contributed by atoms with Gasteiger partial charge in [-0.05, 0) is 57.0 Å². The number of carbonyl (C=O) groups is 1. The molecule has 31 heavy (non-hydrogen) atoms. The van der Waals surface area contributed by atoms with Crippen molar-refractivity contribution in [2.75, 3.05) is 23.7 Å². The van der Waals surface area contributed by atoms with Crippen LogP contribution < -0.4 is 19.1 Å². The summed E-state index contributed by atoms with van der Waals surface area (Å²) < 4.78 is 37.7. The van der Waals surface area contributed by atoms with E-state index in [1.54, 1.807) is 31.4 Å². The molecule has 0 radical (unpaired) electrons. The van der Waals surface area contributed by atoms with Gasteiger partial charge >= 0.3 is 0 Å². The van der Waals surface area contributed by atoms with Gasteiger partial charge in [-0.2, -0.15) is 0 Å². The van der Waals surface area contributed by atoms with Gasteiger partial charge in [0.2, 0.25) is 10.0 Å². The smallest absolute Gasteiger partial charge is 0.251 e. The van der Waals surface area contributed by atoms with E-state index in [9.17, 15) is 13.2 Å². The molecule has 0 saturated carbocycles. The molecule has 1 amide bonds. The van der Waals surface area contributed by atoms with E-state index >= 15 is 0 Å². The van der Waals surface area contributed by atoms with Crippen LogP contribution >= 0.6 is 0 Å². The Morgan fingerprint density at radius 2 is 2.00 bits per heavy atom. The fourth-order valence-corrected chi connectivity index (χ4v) is 5.84. The van der Waals surface area contributed by atoms with E-state index in [1.165, 1.54) is 4.31 Å². The molecule has 1 fully saturated rings. The molecule has 1 saturated heterocycles. The minimum atomic E-state index is -3.34. The Bertz CT molecular complexity index is 1100. The molecule has 2 heterocycles. The molecule has 2 aliphatic heterocycles. The Labute approximate surface area is 183 Å². The molecule has 0 aromatic heterocycles. The highest BCUT2D eigenvalue weighted by Gasteiger charge is 2.35. The molecule has 166 valence electrons. The van der Waals surface area contributed by atoms with Gasteiger partial charge in [-0.25, -0.2) is 8.42 Å². The second-order valence-electron chi connectivity index (χ2n) is 8.64. The van der Waals surface area contributed by atoms with Crippen LogP contribution in [0, 0.1) is 0 Å². The van der Waals surface area contributed by atoms with Crippen LogP contribution in [0.1, 0.15) is 55.1 Å². The van der Waals surface area contributed by atoms with Gasteiger partial charge in [-0.15, -0.1) is 0 Å². The van der Waals surface area contributed by atoms with Gasteiger partial charge in [-0.3, -0.25) is 9.10 Å². The first-order chi connectivity index (χ1) is 14.7. The number of carbonyl (C=O) groups excluding carboxylic acids is 1. The zero-order valence-corrected chi connectivity index (χ0v) is 18.9. The highest BCUT2D eigenvalue weighted by molar-refractivity contribution is 7.92. The third-order valence-corrected chi connectivity index (χ3v) is 7.60. The summed E-state index contributed by atoms with van der Waals surface area (Å²) in [5.41, 5.74) is 1.40. The Hall–Kier alpha value is -2.74. The number of hydrogen-bond donors (Lipinski definition) is 1. The van der Waals surface area contributed by atoms with E-state index in [4.69, 9.17) is 9.47 Å². The van der Waals surface area contributed by atoms with Crippen molar-refractivity contribution in [3.05, 3.63) is 53.6 Å².